The van der Waals surface area contributed by atoms with Crippen molar-refractivity contribution in [3.63, 3.8) is 0 Å². The molecule has 3 unspecified atom stereocenters. The quantitative estimate of drug-likeness (QED) is 0.528. The molecule has 8 heteroatoms. The lowest BCUT2D eigenvalue weighted by Gasteiger charge is -2.38. The van der Waals surface area contributed by atoms with E-state index in [1.165, 1.54) is 6.08 Å². The first-order chi connectivity index (χ1) is 9.04. The predicted molar refractivity (Wildman–Crippen MR) is 76.0 cm³/mol. The second-order valence-electron chi connectivity index (χ2n) is 4.85. The molecule has 21 heavy (non-hydrogen) atoms. The topological polar surface area (TPSA) is 138 Å². The van der Waals surface area contributed by atoms with E-state index in [0.29, 0.717) is 0 Å². The van der Waals surface area contributed by atoms with Gasteiger partial charge in [0, 0.05) is 0 Å². The van der Waals surface area contributed by atoms with E-state index in [-0.39, 0.29) is 24.4 Å². The number of ketones is 2. The standard InChI is InChI=1S/C13H17NO6.ClH/c1-7(15)12(19)4-3-9(5-10(14)11(17)18)6-13(12,20)8(2)16;/h3-4,6,10,19-20H,5,14H2,1-2H3,(H,17,18);1H. The Kier molecular flexibility index (Phi) is 6.01. The molecule has 0 saturated heterocycles. The molecule has 0 aromatic rings. The Balaban J connectivity index is 0.00000400. The molecule has 0 aliphatic heterocycles. The van der Waals surface area contributed by atoms with Crippen LogP contribution in [0.3, 0.4) is 0 Å². The Morgan fingerprint density at radius 3 is 2.05 bits per heavy atom. The van der Waals surface area contributed by atoms with E-state index in [9.17, 15) is 24.6 Å². The molecule has 0 radical (unpaired) electrons. The van der Waals surface area contributed by atoms with Crippen LogP contribution in [0, 0.1) is 0 Å². The molecule has 0 heterocycles. The first-order valence-corrected chi connectivity index (χ1v) is 5.91. The van der Waals surface area contributed by atoms with Gasteiger partial charge in [0.25, 0.3) is 0 Å². The molecule has 0 saturated carbocycles. The molecule has 0 amide bonds. The monoisotopic (exact) mass is 319 g/mol. The molecule has 1 aliphatic carbocycles. The normalized spacial score (nSPS) is 29.1. The van der Waals surface area contributed by atoms with Gasteiger partial charge in [0.1, 0.15) is 6.04 Å². The number of hydrogen-bond acceptors (Lipinski definition) is 6. The van der Waals surface area contributed by atoms with Crippen molar-refractivity contribution in [1.29, 1.82) is 0 Å². The van der Waals surface area contributed by atoms with Gasteiger partial charge in [-0.3, -0.25) is 14.4 Å². The fourth-order valence-electron chi connectivity index (χ4n) is 2.01. The van der Waals surface area contributed by atoms with Crippen molar-refractivity contribution >= 4 is 29.9 Å². The van der Waals surface area contributed by atoms with E-state index in [2.05, 4.69) is 0 Å². The zero-order valence-corrected chi connectivity index (χ0v) is 12.4. The molecule has 0 fully saturated rings. The summed E-state index contributed by atoms with van der Waals surface area (Å²) in [5.41, 5.74) is 0.828. The Morgan fingerprint density at radius 1 is 1.19 bits per heavy atom. The number of carbonyl (C=O) groups is 3. The second kappa shape index (κ2) is 6.48. The molecule has 118 valence electrons. The van der Waals surface area contributed by atoms with Crippen molar-refractivity contribution in [2.45, 2.75) is 37.5 Å². The van der Waals surface area contributed by atoms with Gasteiger partial charge in [-0.15, -0.1) is 12.4 Å². The van der Waals surface area contributed by atoms with Gasteiger partial charge in [-0.2, -0.15) is 0 Å². The number of aliphatic hydroxyl groups is 2. The van der Waals surface area contributed by atoms with Crippen LogP contribution in [0.5, 0.6) is 0 Å². The molecule has 0 bridgehead atoms. The lowest BCUT2D eigenvalue weighted by Crippen LogP contribution is -2.61. The number of allylic oxidation sites excluding steroid dienone is 1. The summed E-state index contributed by atoms with van der Waals surface area (Å²) in [7, 11) is 0. The van der Waals surface area contributed by atoms with E-state index < -0.39 is 34.8 Å². The highest BCUT2D eigenvalue weighted by Crippen LogP contribution is 2.34. The summed E-state index contributed by atoms with van der Waals surface area (Å²) in [6, 6.07) is -1.22. The third-order valence-corrected chi connectivity index (χ3v) is 3.36. The van der Waals surface area contributed by atoms with E-state index >= 15 is 0 Å². The molecule has 0 spiro atoms. The summed E-state index contributed by atoms with van der Waals surface area (Å²) in [6.45, 7) is 2.07. The lowest BCUT2D eigenvalue weighted by atomic mass is 9.72. The van der Waals surface area contributed by atoms with Gasteiger partial charge in [0.2, 0.25) is 0 Å². The van der Waals surface area contributed by atoms with Crippen molar-refractivity contribution in [3.05, 3.63) is 23.8 Å². The minimum Gasteiger partial charge on any atom is -0.480 e. The molecule has 0 aromatic heterocycles. The molecule has 7 nitrogen and oxygen atoms in total. The Morgan fingerprint density at radius 2 is 1.67 bits per heavy atom. The van der Waals surface area contributed by atoms with E-state index in [1.54, 1.807) is 0 Å². The number of rotatable bonds is 5. The van der Waals surface area contributed by atoms with Crippen molar-refractivity contribution < 1.29 is 29.7 Å². The summed E-state index contributed by atoms with van der Waals surface area (Å²) in [5.74, 6) is -2.87. The Hall–Kier alpha value is -1.54. The average molecular weight is 320 g/mol. The van der Waals surface area contributed by atoms with Crippen LogP contribution in [0.1, 0.15) is 20.3 Å². The van der Waals surface area contributed by atoms with Gasteiger partial charge in [-0.1, -0.05) is 6.08 Å². The summed E-state index contributed by atoms with van der Waals surface area (Å²) < 4.78 is 0. The highest BCUT2D eigenvalue weighted by molar-refractivity contribution is 6.01. The van der Waals surface area contributed by atoms with Crippen LogP contribution in [-0.4, -0.2) is 50.1 Å². The first kappa shape index (κ1) is 19.5. The minimum atomic E-state index is -2.43. The molecule has 5 N–H and O–H groups in total. The largest absolute Gasteiger partial charge is 0.480 e. The predicted octanol–water partition coefficient (Wildman–Crippen LogP) is -0.653. The maximum Gasteiger partial charge on any atom is 0.320 e. The fourth-order valence-corrected chi connectivity index (χ4v) is 2.01. The van der Waals surface area contributed by atoms with Crippen molar-refractivity contribution in [2.24, 2.45) is 5.73 Å². The summed E-state index contributed by atoms with van der Waals surface area (Å²) in [6.07, 6.45) is 3.11. The summed E-state index contributed by atoms with van der Waals surface area (Å²) >= 11 is 0. The van der Waals surface area contributed by atoms with E-state index in [4.69, 9.17) is 10.8 Å². The number of carbonyl (C=O) groups excluding carboxylic acids is 2. The first-order valence-electron chi connectivity index (χ1n) is 5.91. The van der Waals surface area contributed by atoms with Gasteiger partial charge in [-0.25, -0.2) is 0 Å². The maximum atomic E-state index is 11.6. The lowest BCUT2D eigenvalue weighted by molar-refractivity contribution is -0.162. The number of halogens is 1. The van der Waals surface area contributed by atoms with Gasteiger partial charge >= 0.3 is 5.97 Å². The van der Waals surface area contributed by atoms with Gasteiger partial charge in [-0.05, 0) is 38.0 Å². The molecule has 3 atom stereocenters. The number of hydrogen-bond donors (Lipinski definition) is 4. The van der Waals surface area contributed by atoms with Gasteiger partial charge < -0.3 is 21.1 Å². The molecule has 1 aliphatic rings. The van der Waals surface area contributed by atoms with Crippen LogP contribution in [0.15, 0.2) is 23.8 Å². The van der Waals surface area contributed by atoms with Crippen LogP contribution in [0.25, 0.3) is 0 Å². The molecule has 0 aromatic carbocycles. The minimum absolute atomic E-state index is 0. The summed E-state index contributed by atoms with van der Waals surface area (Å²) in [4.78, 5) is 33.8. The van der Waals surface area contributed by atoms with Gasteiger partial charge in [0.15, 0.2) is 22.8 Å². The maximum absolute atomic E-state index is 11.6. The van der Waals surface area contributed by atoms with Crippen molar-refractivity contribution in [1.82, 2.24) is 0 Å². The Labute approximate surface area is 127 Å². The van der Waals surface area contributed by atoms with Crippen molar-refractivity contribution in [3.8, 4) is 0 Å². The van der Waals surface area contributed by atoms with Crippen LogP contribution in [0.4, 0.5) is 0 Å². The third kappa shape index (κ3) is 3.38. The zero-order chi connectivity index (χ0) is 15.7. The second-order valence-corrected chi connectivity index (χ2v) is 4.85. The van der Waals surface area contributed by atoms with Crippen LogP contribution >= 0.6 is 12.4 Å². The number of carboxylic acids is 1. The smallest absolute Gasteiger partial charge is 0.320 e. The number of carboxylic acid groups (broad SMARTS) is 1. The molecular formula is C13H18ClNO6. The average Bonchev–Trinajstić information content (AvgIpc) is 2.33. The van der Waals surface area contributed by atoms with Crippen LogP contribution in [-0.2, 0) is 14.4 Å². The Bertz CT molecular complexity index is 529. The molecular weight excluding hydrogens is 302 g/mol. The number of nitrogens with two attached hydrogens (primary N) is 1. The molecule has 1 rings (SSSR count). The zero-order valence-electron chi connectivity index (χ0n) is 11.6. The highest BCUT2D eigenvalue weighted by Gasteiger charge is 2.54. The number of aliphatic carboxylic acids is 1. The van der Waals surface area contributed by atoms with Crippen LogP contribution in [0.2, 0.25) is 0 Å². The van der Waals surface area contributed by atoms with Crippen LogP contribution < -0.4 is 5.73 Å². The van der Waals surface area contributed by atoms with Gasteiger partial charge in [0.05, 0.1) is 0 Å². The van der Waals surface area contributed by atoms with Crippen molar-refractivity contribution in [2.75, 3.05) is 0 Å². The fraction of sp³-hybridized carbons (Fsp3) is 0.462. The number of Topliss-reactive ketones (excluding diaryl/α,β-unsaturated/α-hetero) is 2. The summed E-state index contributed by atoms with van der Waals surface area (Å²) in [5, 5.41) is 29.3. The highest BCUT2D eigenvalue weighted by atomic mass is 35.5. The van der Waals surface area contributed by atoms with E-state index in [0.717, 1.165) is 26.0 Å². The third-order valence-electron chi connectivity index (χ3n) is 3.36. The van der Waals surface area contributed by atoms with E-state index in [1.807, 2.05) is 0 Å². The SMILES string of the molecule is CC(=O)C1(O)C=CC(CC(N)C(=O)O)=CC1(O)C(C)=O.Cl.